The molecule has 6 nitrogen and oxygen atoms in total. The van der Waals surface area contributed by atoms with Gasteiger partial charge in [0.1, 0.15) is 5.75 Å². The normalized spacial score (nSPS) is 12.1. The van der Waals surface area contributed by atoms with Gasteiger partial charge in [-0.25, -0.2) is 0 Å². The van der Waals surface area contributed by atoms with Crippen LogP contribution in [0.4, 0.5) is 0 Å². The van der Waals surface area contributed by atoms with Crippen LogP contribution in [0.1, 0.15) is 18.1 Å². The number of ether oxygens (including phenoxy) is 1. The molecule has 0 spiro atoms. The third-order valence-corrected chi connectivity index (χ3v) is 3.18. The Labute approximate surface area is 130 Å². The van der Waals surface area contributed by atoms with E-state index >= 15 is 0 Å². The van der Waals surface area contributed by atoms with Crippen LogP contribution >= 0.6 is 0 Å². The highest BCUT2D eigenvalue weighted by atomic mass is 16.5. The van der Waals surface area contributed by atoms with Crippen molar-refractivity contribution in [3.8, 4) is 5.75 Å². The number of nitrogens with two attached hydrogens (primary N) is 1. The lowest BCUT2D eigenvalue weighted by atomic mass is 10.2. The van der Waals surface area contributed by atoms with Gasteiger partial charge in [0.15, 0.2) is 6.61 Å². The molecule has 1 aromatic carbocycles. The Kier molecular flexibility index (Phi) is 5.55. The van der Waals surface area contributed by atoms with Gasteiger partial charge in [0.25, 0.3) is 5.91 Å². The summed E-state index contributed by atoms with van der Waals surface area (Å²) in [4.78, 5) is 10.6. The van der Waals surface area contributed by atoms with Gasteiger partial charge in [0.05, 0.1) is 12.7 Å². The maximum atomic E-state index is 10.6. The number of benzene rings is 1. The van der Waals surface area contributed by atoms with Crippen molar-refractivity contribution in [1.29, 1.82) is 0 Å². The predicted octanol–water partition coefficient (Wildman–Crippen LogP) is 1.23. The zero-order chi connectivity index (χ0) is 15.9. The molecule has 1 amide bonds. The monoisotopic (exact) mass is 302 g/mol. The first-order chi connectivity index (χ1) is 10.5. The van der Waals surface area contributed by atoms with Crippen LogP contribution in [0.2, 0.25) is 0 Å². The summed E-state index contributed by atoms with van der Waals surface area (Å²) in [5.41, 5.74) is 7.35. The van der Waals surface area contributed by atoms with E-state index < -0.39 is 5.91 Å². The van der Waals surface area contributed by atoms with E-state index in [4.69, 9.17) is 10.5 Å². The molecule has 0 radical (unpaired) electrons. The Balaban J connectivity index is 1.77. The van der Waals surface area contributed by atoms with E-state index in [-0.39, 0.29) is 6.61 Å². The fourth-order valence-corrected chi connectivity index (χ4v) is 2.06. The molecule has 0 saturated carbocycles. The molecule has 0 bridgehead atoms. The van der Waals surface area contributed by atoms with E-state index in [0.29, 0.717) is 11.8 Å². The van der Waals surface area contributed by atoms with Gasteiger partial charge in [-0.2, -0.15) is 5.10 Å². The number of nitrogens with zero attached hydrogens (tertiary/aromatic N) is 2. The van der Waals surface area contributed by atoms with Crippen LogP contribution in [0.3, 0.4) is 0 Å². The highest BCUT2D eigenvalue weighted by molar-refractivity contribution is 5.75. The zero-order valence-corrected chi connectivity index (χ0v) is 13.0. The molecule has 0 aliphatic rings. The van der Waals surface area contributed by atoms with Crippen molar-refractivity contribution in [2.45, 2.75) is 33.0 Å². The second kappa shape index (κ2) is 7.61. The van der Waals surface area contributed by atoms with Gasteiger partial charge >= 0.3 is 0 Å². The molecular formula is C16H22N4O2. The topological polar surface area (TPSA) is 82.2 Å². The van der Waals surface area contributed by atoms with Gasteiger partial charge < -0.3 is 15.8 Å². The van der Waals surface area contributed by atoms with Crippen molar-refractivity contribution in [3.05, 3.63) is 47.8 Å². The molecule has 0 aliphatic heterocycles. The fourth-order valence-electron chi connectivity index (χ4n) is 2.06. The minimum absolute atomic E-state index is 0.0993. The molecule has 118 valence electrons. The lowest BCUT2D eigenvalue weighted by Gasteiger charge is -2.14. The van der Waals surface area contributed by atoms with Gasteiger partial charge in [-0.3, -0.25) is 9.48 Å². The molecule has 0 saturated heterocycles. The van der Waals surface area contributed by atoms with Gasteiger partial charge in [0.2, 0.25) is 0 Å². The van der Waals surface area contributed by atoms with Crippen molar-refractivity contribution in [3.63, 3.8) is 0 Å². The largest absolute Gasteiger partial charge is 0.484 e. The molecule has 1 aromatic heterocycles. The molecule has 3 N–H and O–H groups in total. The molecule has 0 aliphatic carbocycles. The molecule has 2 aromatic rings. The first kappa shape index (κ1) is 16.0. The second-order valence-electron chi connectivity index (χ2n) is 5.42. The molecule has 0 fully saturated rings. The second-order valence-corrected chi connectivity index (χ2v) is 5.42. The number of aryl methyl sites for hydroxylation is 1. The number of amides is 1. The molecule has 22 heavy (non-hydrogen) atoms. The Hall–Kier alpha value is -2.34. The highest BCUT2D eigenvalue weighted by Crippen LogP contribution is 2.12. The summed E-state index contributed by atoms with van der Waals surface area (Å²) in [6.45, 7) is 5.65. The Bertz CT molecular complexity index is 607. The van der Waals surface area contributed by atoms with E-state index in [1.54, 1.807) is 0 Å². The van der Waals surface area contributed by atoms with Gasteiger partial charge in [-0.05, 0) is 37.1 Å². The minimum atomic E-state index is -0.478. The number of rotatable bonds is 8. The van der Waals surface area contributed by atoms with Gasteiger partial charge in [0, 0.05) is 18.8 Å². The molecule has 1 heterocycles. The van der Waals surface area contributed by atoms with E-state index in [2.05, 4.69) is 17.3 Å². The summed E-state index contributed by atoms with van der Waals surface area (Å²) in [6.07, 6.45) is 3.89. The SMILES string of the molecule is Cc1cnn(CC(C)NCc2ccc(OCC(N)=O)cc2)c1. The number of primary amides is 1. The standard InChI is InChI=1S/C16H22N4O2/c1-12-7-19-20(9-12)10-13(2)18-8-14-3-5-15(6-4-14)22-11-16(17)21/h3-7,9,13,18H,8,10-11H2,1-2H3,(H2,17,21). The molecule has 1 unspecified atom stereocenters. The van der Waals surface area contributed by atoms with Crippen LogP contribution in [-0.2, 0) is 17.9 Å². The Morgan fingerprint density at radius 1 is 1.41 bits per heavy atom. The third kappa shape index (κ3) is 5.21. The first-order valence-corrected chi connectivity index (χ1v) is 7.25. The van der Waals surface area contributed by atoms with Crippen LogP contribution in [-0.4, -0.2) is 28.3 Å². The number of hydrogen-bond acceptors (Lipinski definition) is 4. The van der Waals surface area contributed by atoms with Gasteiger partial charge in [-0.1, -0.05) is 12.1 Å². The number of carbonyl (C=O) groups excluding carboxylic acids is 1. The van der Waals surface area contributed by atoms with Gasteiger partial charge in [-0.15, -0.1) is 0 Å². The van der Waals surface area contributed by atoms with Crippen LogP contribution in [0.15, 0.2) is 36.7 Å². The quantitative estimate of drug-likeness (QED) is 0.768. The van der Waals surface area contributed by atoms with Crippen molar-refractivity contribution >= 4 is 5.91 Å². The Morgan fingerprint density at radius 2 is 2.14 bits per heavy atom. The van der Waals surface area contributed by atoms with Crippen molar-refractivity contribution in [2.24, 2.45) is 5.73 Å². The van der Waals surface area contributed by atoms with E-state index in [1.165, 1.54) is 5.56 Å². The summed E-state index contributed by atoms with van der Waals surface area (Å²) in [5, 5.41) is 7.73. The highest BCUT2D eigenvalue weighted by Gasteiger charge is 2.04. The number of aromatic nitrogens is 2. The van der Waals surface area contributed by atoms with Crippen molar-refractivity contribution < 1.29 is 9.53 Å². The third-order valence-electron chi connectivity index (χ3n) is 3.18. The number of nitrogens with one attached hydrogen (secondary N) is 1. The minimum Gasteiger partial charge on any atom is -0.484 e. The number of hydrogen-bond donors (Lipinski definition) is 2. The lowest BCUT2D eigenvalue weighted by molar-refractivity contribution is -0.119. The molecule has 2 rings (SSSR count). The summed E-state index contributed by atoms with van der Waals surface area (Å²) >= 11 is 0. The van der Waals surface area contributed by atoms with Crippen LogP contribution < -0.4 is 15.8 Å². The molecular weight excluding hydrogens is 280 g/mol. The summed E-state index contributed by atoms with van der Waals surface area (Å²) in [5.74, 6) is 0.163. The average molecular weight is 302 g/mol. The molecule has 1 atom stereocenters. The Morgan fingerprint density at radius 3 is 2.73 bits per heavy atom. The maximum absolute atomic E-state index is 10.6. The van der Waals surface area contributed by atoms with Crippen LogP contribution in [0.25, 0.3) is 0 Å². The first-order valence-electron chi connectivity index (χ1n) is 7.25. The fraction of sp³-hybridized carbons (Fsp3) is 0.375. The summed E-state index contributed by atoms with van der Waals surface area (Å²) in [7, 11) is 0. The molecule has 6 heteroatoms. The van der Waals surface area contributed by atoms with Crippen molar-refractivity contribution in [1.82, 2.24) is 15.1 Å². The van der Waals surface area contributed by atoms with Crippen molar-refractivity contribution in [2.75, 3.05) is 6.61 Å². The van der Waals surface area contributed by atoms with E-state index in [9.17, 15) is 4.79 Å². The van der Waals surface area contributed by atoms with E-state index in [0.717, 1.165) is 18.7 Å². The van der Waals surface area contributed by atoms with E-state index in [1.807, 2.05) is 48.3 Å². The van der Waals surface area contributed by atoms with Crippen LogP contribution in [0.5, 0.6) is 5.75 Å². The summed E-state index contributed by atoms with van der Waals surface area (Å²) in [6, 6.07) is 7.91. The summed E-state index contributed by atoms with van der Waals surface area (Å²) < 4.78 is 7.16. The lowest BCUT2D eigenvalue weighted by Crippen LogP contribution is -2.30. The average Bonchev–Trinajstić information content (AvgIpc) is 2.89. The zero-order valence-electron chi connectivity index (χ0n) is 13.0. The smallest absolute Gasteiger partial charge is 0.255 e. The maximum Gasteiger partial charge on any atom is 0.255 e. The van der Waals surface area contributed by atoms with Crippen LogP contribution in [0, 0.1) is 6.92 Å². The predicted molar refractivity (Wildman–Crippen MR) is 84.4 cm³/mol. The number of carbonyl (C=O) groups is 1.